The fourth-order valence-electron chi connectivity index (χ4n) is 1.26. The lowest BCUT2D eigenvalue weighted by molar-refractivity contribution is -0.139. The molecule has 0 atom stereocenters. The van der Waals surface area contributed by atoms with E-state index in [-0.39, 0.29) is 4.90 Å². The molecule has 1 aromatic carbocycles. The van der Waals surface area contributed by atoms with Crippen LogP contribution in [0.15, 0.2) is 27.6 Å². The molecule has 0 fully saturated rings. The fourth-order valence-corrected chi connectivity index (χ4v) is 3.14. The number of halogens is 4. The predicted molar refractivity (Wildman–Crippen MR) is 70.8 cm³/mol. The standard InChI is InChI=1S/C12H14BrF3OS/c1-11(2,17)5-6-18-10-7-8(13)3-4-9(10)12(14,15)16/h3-4,7,17H,5-6H2,1-2H3. The molecule has 102 valence electrons. The minimum atomic E-state index is -4.35. The van der Waals surface area contributed by atoms with Gasteiger partial charge in [0.1, 0.15) is 0 Å². The molecule has 1 rings (SSSR count). The maximum atomic E-state index is 12.8. The molecule has 0 aliphatic carbocycles. The molecule has 1 aromatic rings. The Morgan fingerprint density at radius 2 is 1.89 bits per heavy atom. The number of aliphatic hydroxyl groups is 1. The van der Waals surface area contributed by atoms with Crippen molar-refractivity contribution in [3.8, 4) is 0 Å². The van der Waals surface area contributed by atoms with Crippen LogP contribution >= 0.6 is 27.7 Å². The van der Waals surface area contributed by atoms with E-state index in [0.29, 0.717) is 16.6 Å². The zero-order chi connectivity index (χ0) is 14.0. The first kappa shape index (κ1) is 15.9. The molecule has 0 radical (unpaired) electrons. The van der Waals surface area contributed by atoms with Crippen LogP contribution in [-0.2, 0) is 6.18 Å². The highest BCUT2D eigenvalue weighted by atomic mass is 79.9. The molecule has 1 N–H and O–H groups in total. The molecule has 18 heavy (non-hydrogen) atoms. The van der Waals surface area contributed by atoms with E-state index in [0.717, 1.165) is 17.8 Å². The van der Waals surface area contributed by atoms with Gasteiger partial charge >= 0.3 is 6.18 Å². The van der Waals surface area contributed by atoms with E-state index in [1.807, 2.05) is 0 Å². The van der Waals surface area contributed by atoms with Gasteiger partial charge in [-0.05, 0) is 38.5 Å². The maximum Gasteiger partial charge on any atom is 0.417 e. The number of hydrogen-bond donors (Lipinski definition) is 1. The minimum absolute atomic E-state index is 0.182. The van der Waals surface area contributed by atoms with Crippen molar-refractivity contribution in [1.29, 1.82) is 0 Å². The van der Waals surface area contributed by atoms with E-state index in [1.165, 1.54) is 12.1 Å². The van der Waals surface area contributed by atoms with E-state index in [9.17, 15) is 18.3 Å². The third-order valence-electron chi connectivity index (χ3n) is 2.22. The van der Waals surface area contributed by atoms with Gasteiger partial charge in [-0.2, -0.15) is 13.2 Å². The molecule has 1 nitrogen and oxygen atoms in total. The van der Waals surface area contributed by atoms with Crippen LogP contribution in [0.2, 0.25) is 0 Å². The summed E-state index contributed by atoms with van der Waals surface area (Å²) in [4.78, 5) is 0.182. The molecule has 0 aromatic heterocycles. The summed E-state index contributed by atoms with van der Waals surface area (Å²) in [7, 11) is 0. The summed E-state index contributed by atoms with van der Waals surface area (Å²) in [6.07, 6.45) is -3.92. The van der Waals surface area contributed by atoms with Crippen molar-refractivity contribution in [2.45, 2.75) is 36.9 Å². The zero-order valence-corrected chi connectivity index (χ0v) is 12.4. The quantitative estimate of drug-likeness (QED) is 0.799. The lowest BCUT2D eigenvalue weighted by Gasteiger charge is -2.17. The van der Waals surface area contributed by atoms with E-state index < -0.39 is 17.3 Å². The van der Waals surface area contributed by atoms with Gasteiger partial charge in [-0.15, -0.1) is 11.8 Å². The molecule has 0 aliphatic heterocycles. The van der Waals surface area contributed by atoms with E-state index in [1.54, 1.807) is 13.8 Å². The van der Waals surface area contributed by atoms with Gasteiger partial charge in [0.15, 0.2) is 0 Å². The number of thioether (sulfide) groups is 1. The highest BCUT2D eigenvalue weighted by Gasteiger charge is 2.33. The van der Waals surface area contributed by atoms with Crippen molar-refractivity contribution >= 4 is 27.7 Å². The first-order chi connectivity index (χ1) is 8.09. The molecule has 0 heterocycles. The Kier molecular flexibility index (Phi) is 5.14. The van der Waals surface area contributed by atoms with Gasteiger partial charge in [-0.25, -0.2) is 0 Å². The highest BCUT2D eigenvalue weighted by Crippen LogP contribution is 2.38. The van der Waals surface area contributed by atoms with Crippen LogP contribution < -0.4 is 0 Å². The Bertz CT molecular complexity index is 413. The van der Waals surface area contributed by atoms with Crippen LogP contribution in [0.3, 0.4) is 0 Å². The van der Waals surface area contributed by atoms with E-state index in [2.05, 4.69) is 15.9 Å². The Labute approximate surface area is 117 Å². The van der Waals surface area contributed by atoms with Gasteiger partial charge in [0.05, 0.1) is 11.2 Å². The van der Waals surface area contributed by atoms with Crippen LogP contribution in [0.4, 0.5) is 13.2 Å². The maximum absolute atomic E-state index is 12.8. The summed E-state index contributed by atoms with van der Waals surface area (Å²) in [5, 5.41) is 9.53. The Hall–Kier alpha value is -0.200. The molecular weight excluding hydrogens is 329 g/mol. The van der Waals surface area contributed by atoms with Crippen LogP contribution in [0, 0.1) is 0 Å². The number of hydrogen-bond acceptors (Lipinski definition) is 2. The van der Waals surface area contributed by atoms with Crippen molar-refractivity contribution in [3.05, 3.63) is 28.2 Å². The second-order valence-corrected chi connectivity index (χ2v) is 6.60. The van der Waals surface area contributed by atoms with E-state index in [4.69, 9.17) is 0 Å². The normalized spacial score (nSPS) is 12.8. The van der Waals surface area contributed by atoms with Crippen molar-refractivity contribution in [3.63, 3.8) is 0 Å². The lowest BCUT2D eigenvalue weighted by atomic mass is 10.1. The van der Waals surface area contributed by atoms with Crippen molar-refractivity contribution in [1.82, 2.24) is 0 Å². The monoisotopic (exact) mass is 342 g/mol. The molecular formula is C12H14BrF3OS. The lowest BCUT2D eigenvalue weighted by Crippen LogP contribution is -2.19. The molecule has 6 heteroatoms. The third kappa shape index (κ3) is 5.20. The van der Waals surface area contributed by atoms with E-state index >= 15 is 0 Å². The summed E-state index contributed by atoms with van der Waals surface area (Å²) < 4.78 is 38.9. The second kappa shape index (κ2) is 5.84. The topological polar surface area (TPSA) is 20.2 Å². The van der Waals surface area contributed by atoms with Crippen LogP contribution in [0.25, 0.3) is 0 Å². The largest absolute Gasteiger partial charge is 0.417 e. The molecule has 0 aliphatic rings. The van der Waals surface area contributed by atoms with Crippen LogP contribution in [-0.4, -0.2) is 16.5 Å². The molecule has 0 spiro atoms. The SMILES string of the molecule is CC(C)(O)CCSc1cc(Br)ccc1C(F)(F)F. The van der Waals surface area contributed by atoms with Gasteiger partial charge < -0.3 is 5.11 Å². The molecule has 0 saturated heterocycles. The van der Waals surface area contributed by atoms with Crippen LogP contribution in [0.1, 0.15) is 25.8 Å². The van der Waals surface area contributed by atoms with Crippen molar-refractivity contribution in [2.75, 3.05) is 5.75 Å². The number of rotatable bonds is 4. The summed E-state index contributed by atoms with van der Waals surface area (Å²) in [6.45, 7) is 3.28. The van der Waals surface area contributed by atoms with Gasteiger partial charge in [0.25, 0.3) is 0 Å². The average molecular weight is 343 g/mol. The Morgan fingerprint density at radius 3 is 2.39 bits per heavy atom. The molecule has 0 bridgehead atoms. The summed E-state index contributed by atoms with van der Waals surface area (Å²) in [6, 6.07) is 3.90. The minimum Gasteiger partial charge on any atom is -0.390 e. The third-order valence-corrected chi connectivity index (χ3v) is 3.77. The highest BCUT2D eigenvalue weighted by molar-refractivity contribution is 9.10. The smallest absolute Gasteiger partial charge is 0.390 e. The average Bonchev–Trinajstić information content (AvgIpc) is 2.13. The Morgan fingerprint density at radius 1 is 1.28 bits per heavy atom. The van der Waals surface area contributed by atoms with Crippen LogP contribution in [0.5, 0.6) is 0 Å². The van der Waals surface area contributed by atoms with Gasteiger partial charge in [0, 0.05) is 15.1 Å². The second-order valence-electron chi connectivity index (χ2n) is 4.55. The number of alkyl halides is 3. The first-order valence-corrected chi connectivity index (χ1v) is 7.09. The summed E-state index contributed by atoms with van der Waals surface area (Å²) >= 11 is 4.27. The first-order valence-electron chi connectivity index (χ1n) is 5.31. The Balaban J connectivity index is 2.84. The van der Waals surface area contributed by atoms with Gasteiger partial charge in [-0.3, -0.25) is 0 Å². The summed E-state index contributed by atoms with van der Waals surface area (Å²) in [5.41, 5.74) is -1.50. The van der Waals surface area contributed by atoms with Gasteiger partial charge in [-0.1, -0.05) is 15.9 Å². The van der Waals surface area contributed by atoms with Gasteiger partial charge in [0.2, 0.25) is 0 Å². The van der Waals surface area contributed by atoms with Crippen molar-refractivity contribution in [2.24, 2.45) is 0 Å². The van der Waals surface area contributed by atoms with Crippen molar-refractivity contribution < 1.29 is 18.3 Å². The molecule has 0 saturated carbocycles. The fraction of sp³-hybridized carbons (Fsp3) is 0.500. The number of benzene rings is 1. The zero-order valence-electron chi connectivity index (χ0n) is 10.0. The molecule has 0 amide bonds. The summed E-state index contributed by atoms with van der Waals surface area (Å²) in [5.74, 6) is 0.434. The molecule has 0 unspecified atom stereocenters. The predicted octanol–water partition coefficient (Wildman–Crippen LogP) is 4.72.